The SMILES string of the molecule is CC(C)Cn1ncnc1CNCCCS(C)=O. The molecule has 0 saturated carbocycles. The summed E-state index contributed by atoms with van der Waals surface area (Å²) < 4.78 is 12.8. The van der Waals surface area contributed by atoms with E-state index in [0.717, 1.165) is 37.6 Å². The summed E-state index contributed by atoms with van der Waals surface area (Å²) in [5, 5.41) is 7.50. The first-order valence-electron chi connectivity index (χ1n) is 5.97. The van der Waals surface area contributed by atoms with Crippen LogP contribution in [0.25, 0.3) is 0 Å². The summed E-state index contributed by atoms with van der Waals surface area (Å²) >= 11 is 0. The lowest BCUT2D eigenvalue weighted by atomic mass is 10.2. The summed E-state index contributed by atoms with van der Waals surface area (Å²) in [4.78, 5) is 4.23. The first-order valence-corrected chi connectivity index (χ1v) is 7.69. The van der Waals surface area contributed by atoms with Crippen molar-refractivity contribution in [3.63, 3.8) is 0 Å². The lowest BCUT2D eigenvalue weighted by molar-refractivity contribution is 0.458. The predicted molar refractivity (Wildman–Crippen MR) is 70.1 cm³/mol. The van der Waals surface area contributed by atoms with Crippen LogP contribution in [0.3, 0.4) is 0 Å². The summed E-state index contributed by atoms with van der Waals surface area (Å²) in [6.07, 6.45) is 4.27. The van der Waals surface area contributed by atoms with Gasteiger partial charge in [0.15, 0.2) is 0 Å². The average Bonchev–Trinajstić information content (AvgIpc) is 2.64. The van der Waals surface area contributed by atoms with Gasteiger partial charge in [-0.25, -0.2) is 9.67 Å². The fourth-order valence-corrected chi connectivity index (χ4v) is 2.07. The molecule has 0 amide bonds. The number of hydrogen-bond donors (Lipinski definition) is 1. The van der Waals surface area contributed by atoms with Gasteiger partial charge in [0.1, 0.15) is 12.2 Å². The first-order chi connectivity index (χ1) is 8.09. The number of hydrogen-bond acceptors (Lipinski definition) is 4. The maximum Gasteiger partial charge on any atom is 0.140 e. The molecule has 17 heavy (non-hydrogen) atoms. The van der Waals surface area contributed by atoms with Crippen molar-refractivity contribution in [3.8, 4) is 0 Å². The molecule has 6 heteroatoms. The Bertz CT molecular complexity index is 351. The van der Waals surface area contributed by atoms with Crippen LogP contribution in [0.1, 0.15) is 26.1 Å². The zero-order chi connectivity index (χ0) is 12.7. The van der Waals surface area contributed by atoms with Crippen molar-refractivity contribution in [2.45, 2.75) is 33.4 Å². The summed E-state index contributed by atoms with van der Waals surface area (Å²) in [7, 11) is -0.691. The van der Waals surface area contributed by atoms with Gasteiger partial charge < -0.3 is 5.32 Å². The molecule has 98 valence electrons. The van der Waals surface area contributed by atoms with Crippen molar-refractivity contribution in [2.75, 3.05) is 18.6 Å². The van der Waals surface area contributed by atoms with Crippen LogP contribution in [-0.4, -0.2) is 37.5 Å². The van der Waals surface area contributed by atoms with Gasteiger partial charge in [-0.05, 0) is 18.9 Å². The van der Waals surface area contributed by atoms with Crippen LogP contribution >= 0.6 is 0 Å². The third-order valence-electron chi connectivity index (χ3n) is 2.30. The molecular weight excluding hydrogens is 236 g/mol. The Hall–Kier alpha value is -0.750. The Morgan fingerprint density at radius 3 is 2.94 bits per heavy atom. The molecule has 1 aromatic rings. The molecule has 0 saturated heterocycles. The fourth-order valence-electron chi connectivity index (χ4n) is 1.52. The Morgan fingerprint density at radius 1 is 1.53 bits per heavy atom. The molecule has 0 radical (unpaired) electrons. The molecule has 0 spiro atoms. The van der Waals surface area contributed by atoms with E-state index in [2.05, 4.69) is 29.2 Å². The molecule has 1 N–H and O–H groups in total. The Labute approximate surface area is 105 Å². The van der Waals surface area contributed by atoms with Crippen molar-refractivity contribution in [2.24, 2.45) is 5.92 Å². The van der Waals surface area contributed by atoms with Crippen molar-refractivity contribution < 1.29 is 4.21 Å². The Morgan fingerprint density at radius 2 is 2.29 bits per heavy atom. The molecule has 1 rings (SSSR count). The first kappa shape index (κ1) is 14.3. The molecule has 0 aliphatic carbocycles. The van der Waals surface area contributed by atoms with E-state index >= 15 is 0 Å². The van der Waals surface area contributed by atoms with E-state index in [4.69, 9.17) is 0 Å². The van der Waals surface area contributed by atoms with Crippen LogP contribution in [0.15, 0.2) is 6.33 Å². The van der Waals surface area contributed by atoms with Crippen LogP contribution in [-0.2, 0) is 23.9 Å². The van der Waals surface area contributed by atoms with Gasteiger partial charge in [-0.1, -0.05) is 13.8 Å². The smallest absolute Gasteiger partial charge is 0.140 e. The van der Waals surface area contributed by atoms with E-state index < -0.39 is 10.8 Å². The predicted octanol–water partition coefficient (Wildman–Crippen LogP) is 0.792. The minimum atomic E-state index is -0.691. The number of aromatic nitrogens is 3. The highest BCUT2D eigenvalue weighted by Crippen LogP contribution is 2.00. The summed E-state index contributed by atoms with van der Waals surface area (Å²) in [5.74, 6) is 2.29. The van der Waals surface area contributed by atoms with Gasteiger partial charge >= 0.3 is 0 Å². The zero-order valence-electron chi connectivity index (χ0n) is 10.8. The van der Waals surface area contributed by atoms with Gasteiger partial charge in [-0.15, -0.1) is 0 Å². The monoisotopic (exact) mass is 258 g/mol. The van der Waals surface area contributed by atoms with Gasteiger partial charge in [-0.2, -0.15) is 5.10 Å². The Kier molecular flexibility index (Phi) is 6.36. The third kappa shape index (κ3) is 5.93. The van der Waals surface area contributed by atoms with E-state index in [0.29, 0.717) is 5.92 Å². The second-order valence-electron chi connectivity index (χ2n) is 4.56. The van der Waals surface area contributed by atoms with Crippen molar-refractivity contribution in [3.05, 3.63) is 12.2 Å². The molecule has 1 aromatic heterocycles. The average molecular weight is 258 g/mol. The number of nitrogens with zero attached hydrogens (tertiary/aromatic N) is 3. The van der Waals surface area contributed by atoms with Crippen LogP contribution in [0.2, 0.25) is 0 Å². The van der Waals surface area contributed by atoms with Crippen LogP contribution in [0, 0.1) is 5.92 Å². The van der Waals surface area contributed by atoms with E-state index in [1.54, 1.807) is 12.6 Å². The molecule has 1 unspecified atom stereocenters. The molecule has 0 aromatic carbocycles. The maximum absolute atomic E-state index is 10.9. The van der Waals surface area contributed by atoms with E-state index in [-0.39, 0.29) is 0 Å². The largest absolute Gasteiger partial charge is 0.310 e. The molecule has 1 atom stereocenters. The topological polar surface area (TPSA) is 59.8 Å². The Balaban J connectivity index is 2.26. The van der Waals surface area contributed by atoms with Crippen LogP contribution in [0.4, 0.5) is 0 Å². The van der Waals surface area contributed by atoms with Crippen molar-refractivity contribution >= 4 is 10.8 Å². The van der Waals surface area contributed by atoms with Crippen molar-refractivity contribution in [1.82, 2.24) is 20.1 Å². The molecule has 5 nitrogen and oxygen atoms in total. The van der Waals surface area contributed by atoms with Crippen LogP contribution < -0.4 is 5.32 Å². The van der Waals surface area contributed by atoms with E-state index in [1.165, 1.54) is 0 Å². The lowest BCUT2D eigenvalue weighted by Crippen LogP contribution is -2.20. The fraction of sp³-hybridized carbons (Fsp3) is 0.818. The lowest BCUT2D eigenvalue weighted by Gasteiger charge is -2.09. The molecule has 0 aliphatic heterocycles. The van der Waals surface area contributed by atoms with E-state index in [9.17, 15) is 4.21 Å². The summed E-state index contributed by atoms with van der Waals surface area (Å²) in [5.41, 5.74) is 0. The highest BCUT2D eigenvalue weighted by molar-refractivity contribution is 7.84. The van der Waals surface area contributed by atoms with Crippen molar-refractivity contribution in [1.29, 1.82) is 0 Å². The molecule has 0 fully saturated rings. The highest BCUT2D eigenvalue weighted by Gasteiger charge is 2.05. The standard InChI is InChI=1S/C11H22N4OS/c1-10(2)8-15-11(13-9-14-15)7-12-5-4-6-17(3)16/h9-10,12H,4-8H2,1-3H3. The van der Waals surface area contributed by atoms with Gasteiger partial charge in [0.2, 0.25) is 0 Å². The van der Waals surface area contributed by atoms with Crippen LogP contribution in [0.5, 0.6) is 0 Å². The van der Waals surface area contributed by atoms with Gasteiger partial charge in [-0.3, -0.25) is 4.21 Å². The molecule has 0 aliphatic rings. The normalized spacial score (nSPS) is 13.2. The molecule has 0 bridgehead atoms. The minimum absolute atomic E-state index is 0.568. The molecule has 1 heterocycles. The van der Waals surface area contributed by atoms with Gasteiger partial charge in [0.05, 0.1) is 6.54 Å². The number of rotatable bonds is 8. The summed E-state index contributed by atoms with van der Waals surface area (Å²) in [6.45, 7) is 6.82. The quantitative estimate of drug-likeness (QED) is 0.700. The second-order valence-corrected chi connectivity index (χ2v) is 6.11. The molecular formula is C11H22N4OS. The number of nitrogens with one attached hydrogen (secondary N) is 1. The van der Waals surface area contributed by atoms with Gasteiger partial charge in [0, 0.05) is 29.4 Å². The van der Waals surface area contributed by atoms with Gasteiger partial charge in [0.25, 0.3) is 0 Å². The highest BCUT2D eigenvalue weighted by atomic mass is 32.2. The maximum atomic E-state index is 10.9. The zero-order valence-corrected chi connectivity index (χ0v) is 11.7. The third-order valence-corrected chi connectivity index (χ3v) is 3.17. The summed E-state index contributed by atoms with van der Waals surface area (Å²) in [6, 6.07) is 0. The second kappa shape index (κ2) is 7.55. The minimum Gasteiger partial charge on any atom is -0.310 e. The van der Waals surface area contributed by atoms with E-state index in [1.807, 2.05) is 4.68 Å².